The maximum atomic E-state index is 13.8. The third-order valence-corrected chi connectivity index (χ3v) is 4.94. The molecule has 31 heavy (non-hydrogen) atoms. The molecular formula is C19H22FN9O2. The van der Waals surface area contributed by atoms with E-state index in [1.807, 2.05) is 13.8 Å². The molecule has 3 aromatic rings. The number of cyclic esters (lactones) is 1. The minimum absolute atomic E-state index is 0.119. The maximum Gasteiger partial charge on any atom is 0.417 e. The van der Waals surface area contributed by atoms with Gasteiger partial charge in [-0.2, -0.15) is 20.1 Å². The molecule has 0 aromatic carbocycles. The van der Waals surface area contributed by atoms with Crippen LogP contribution in [0.25, 0.3) is 5.82 Å². The number of anilines is 2. The Bertz CT molecular complexity index is 1120. The number of nitrogens with one attached hydrogen (secondary N) is 1. The maximum absolute atomic E-state index is 13.8. The zero-order valence-corrected chi connectivity index (χ0v) is 17.6. The van der Waals surface area contributed by atoms with Crippen LogP contribution in [0, 0.1) is 19.7 Å². The van der Waals surface area contributed by atoms with Crippen LogP contribution in [0.15, 0.2) is 18.6 Å². The van der Waals surface area contributed by atoms with Crippen molar-refractivity contribution in [3.63, 3.8) is 0 Å². The first-order valence-electron chi connectivity index (χ1n) is 9.85. The topological polar surface area (TPSA) is 124 Å². The number of halogens is 1. The Morgan fingerprint density at radius 3 is 2.84 bits per heavy atom. The Hall–Kier alpha value is -3.70. The lowest BCUT2D eigenvalue weighted by atomic mass is 10.2. The van der Waals surface area contributed by atoms with Gasteiger partial charge in [-0.1, -0.05) is 6.92 Å². The molecule has 1 amide bonds. The summed E-state index contributed by atoms with van der Waals surface area (Å²) in [5, 5.41) is 10.9. The summed E-state index contributed by atoms with van der Waals surface area (Å²) in [5.74, 6) is 0.897. The van der Waals surface area contributed by atoms with Gasteiger partial charge in [-0.25, -0.2) is 19.1 Å². The number of aryl methyl sites for hydroxylation is 2. The number of rotatable bonds is 6. The van der Waals surface area contributed by atoms with Crippen LogP contribution in [-0.4, -0.2) is 53.4 Å². The average molecular weight is 427 g/mol. The smallest absolute Gasteiger partial charge is 0.417 e. The number of carbonyl (C=O) groups excluding carboxylic acids is 1. The van der Waals surface area contributed by atoms with E-state index >= 15 is 0 Å². The average Bonchev–Trinajstić information content (AvgIpc) is 3.36. The SMILES string of the molecule is CC[C@H]1COC(=O)N1c1nc(C)nc(N[C@@H](C)c2cn(-c3cc(F)c(C)nn3)cn2)n1. The third kappa shape index (κ3) is 4.13. The summed E-state index contributed by atoms with van der Waals surface area (Å²) in [5.41, 5.74) is 0.891. The normalized spacial score (nSPS) is 17.0. The molecule has 0 unspecified atom stereocenters. The Morgan fingerprint density at radius 2 is 2.10 bits per heavy atom. The first kappa shape index (κ1) is 20.6. The van der Waals surface area contributed by atoms with Gasteiger partial charge >= 0.3 is 6.09 Å². The molecule has 11 nitrogen and oxygen atoms in total. The highest BCUT2D eigenvalue weighted by Gasteiger charge is 2.35. The summed E-state index contributed by atoms with van der Waals surface area (Å²) in [6.45, 7) is 7.43. The van der Waals surface area contributed by atoms with Gasteiger partial charge in [-0.05, 0) is 27.2 Å². The fraction of sp³-hybridized carbons (Fsp3) is 0.421. The van der Waals surface area contributed by atoms with Gasteiger partial charge in [0.05, 0.1) is 23.5 Å². The number of amides is 1. The van der Waals surface area contributed by atoms with Crippen molar-refractivity contribution in [2.45, 2.75) is 46.2 Å². The van der Waals surface area contributed by atoms with E-state index in [4.69, 9.17) is 4.74 Å². The molecule has 0 radical (unpaired) electrons. The number of hydrogen-bond donors (Lipinski definition) is 1. The molecular weight excluding hydrogens is 405 g/mol. The molecule has 4 heterocycles. The minimum atomic E-state index is -0.471. The van der Waals surface area contributed by atoms with Crippen molar-refractivity contribution in [2.24, 2.45) is 0 Å². The standard InChI is InChI=1S/C19H22FN9O2/c1-5-13-8-31-19(30)29(13)18-24-12(4)23-17(25-18)22-11(3)15-7-28(9-21-15)16-6-14(20)10(2)26-27-16/h6-7,9,11,13H,5,8H2,1-4H3,(H,22,23,24,25)/t11-,13-/m0/s1. The number of hydrogen-bond acceptors (Lipinski definition) is 9. The number of ether oxygens (including phenoxy) is 1. The van der Waals surface area contributed by atoms with Gasteiger partial charge in [0, 0.05) is 12.3 Å². The fourth-order valence-corrected chi connectivity index (χ4v) is 3.15. The predicted octanol–water partition coefficient (Wildman–Crippen LogP) is 2.51. The van der Waals surface area contributed by atoms with Crippen molar-refractivity contribution < 1.29 is 13.9 Å². The van der Waals surface area contributed by atoms with Crippen LogP contribution in [0.5, 0.6) is 0 Å². The van der Waals surface area contributed by atoms with E-state index in [2.05, 4.69) is 35.5 Å². The summed E-state index contributed by atoms with van der Waals surface area (Å²) < 4.78 is 20.5. The van der Waals surface area contributed by atoms with Crippen molar-refractivity contribution in [1.82, 2.24) is 34.7 Å². The molecule has 12 heteroatoms. The van der Waals surface area contributed by atoms with Crippen LogP contribution in [0.2, 0.25) is 0 Å². The molecule has 1 N–H and O–H groups in total. The Labute approximate surface area is 177 Å². The molecule has 1 fully saturated rings. The number of nitrogens with zero attached hydrogens (tertiary/aromatic N) is 8. The molecule has 162 valence electrons. The largest absolute Gasteiger partial charge is 0.447 e. The van der Waals surface area contributed by atoms with E-state index in [1.165, 1.54) is 17.3 Å². The van der Waals surface area contributed by atoms with Crippen molar-refractivity contribution >= 4 is 18.0 Å². The molecule has 1 saturated heterocycles. The molecule has 3 aromatic heterocycles. The second-order valence-corrected chi connectivity index (χ2v) is 7.22. The van der Waals surface area contributed by atoms with E-state index in [9.17, 15) is 9.18 Å². The van der Waals surface area contributed by atoms with Crippen LogP contribution in [0.1, 0.15) is 43.5 Å². The van der Waals surface area contributed by atoms with Gasteiger partial charge in [-0.15, -0.1) is 5.10 Å². The van der Waals surface area contributed by atoms with Gasteiger partial charge in [0.2, 0.25) is 11.9 Å². The summed E-state index contributed by atoms with van der Waals surface area (Å²) in [6.07, 6.45) is 3.50. The minimum Gasteiger partial charge on any atom is -0.447 e. The molecule has 0 spiro atoms. The summed E-state index contributed by atoms with van der Waals surface area (Å²) >= 11 is 0. The van der Waals surface area contributed by atoms with Crippen LogP contribution in [0.3, 0.4) is 0 Å². The van der Waals surface area contributed by atoms with E-state index in [0.29, 0.717) is 29.9 Å². The molecule has 0 bridgehead atoms. The second-order valence-electron chi connectivity index (χ2n) is 7.22. The number of carbonyl (C=O) groups is 1. The summed E-state index contributed by atoms with van der Waals surface area (Å²) in [4.78, 5) is 30.9. The molecule has 0 saturated carbocycles. The highest BCUT2D eigenvalue weighted by molar-refractivity contribution is 5.88. The van der Waals surface area contributed by atoms with Gasteiger partial charge in [-0.3, -0.25) is 4.57 Å². The van der Waals surface area contributed by atoms with E-state index in [-0.39, 0.29) is 23.7 Å². The summed E-state index contributed by atoms with van der Waals surface area (Å²) in [7, 11) is 0. The number of imidazole rings is 1. The molecule has 0 aliphatic carbocycles. The monoisotopic (exact) mass is 427 g/mol. The molecule has 2 atom stereocenters. The van der Waals surface area contributed by atoms with E-state index < -0.39 is 11.9 Å². The van der Waals surface area contributed by atoms with Crippen molar-refractivity contribution in [3.05, 3.63) is 41.6 Å². The van der Waals surface area contributed by atoms with Gasteiger partial charge in [0.25, 0.3) is 0 Å². The zero-order chi connectivity index (χ0) is 22.1. The fourth-order valence-electron chi connectivity index (χ4n) is 3.15. The van der Waals surface area contributed by atoms with Crippen LogP contribution in [0.4, 0.5) is 21.1 Å². The highest BCUT2D eigenvalue weighted by Crippen LogP contribution is 2.23. The van der Waals surface area contributed by atoms with Crippen LogP contribution >= 0.6 is 0 Å². The van der Waals surface area contributed by atoms with E-state index in [1.54, 1.807) is 24.6 Å². The molecule has 4 rings (SSSR count). The van der Waals surface area contributed by atoms with Gasteiger partial charge in [0.1, 0.15) is 24.6 Å². The third-order valence-electron chi connectivity index (χ3n) is 4.94. The Balaban J connectivity index is 1.54. The summed E-state index contributed by atoms with van der Waals surface area (Å²) in [6, 6.07) is 0.894. The van der Waals surface area contributed by atoms with Crippen LogP contribution in [-0.2, 0) is 4.74 Å². The second kappa shape index (κ2) is 8.20. The lowest BCUT2D eigenvalue weighted by Gasteiger charge is -2.19. The first-order chi connectivity index (χ1) is 14.9. The molecule has 1 aliphatic rings. The van der Waals surface area contributed by atoms with Gasteiger partial charge < -0.3 is 10.1 Å². The quantitative estimate of drug-likeness (QED) is 0.632. The predicted molar refractivity (Wildman–Crippen MR) is 108 cm³/mol. The van der Waals surface area contributed by atoms with Gasteiger partial charge in [0.15, 0.2) is 5.82 Å². The Morgan fingerprint density at radius 1 is 1.29 bits per heavy atom. The van der Waals surface area contributed by atoms with Crippen molar-refractivity contribution in [3.8, 4) is 5.82 Å². The van der Waals surface area contributed by atoms with Crippen LogP contribution < -0.4 is 10.2 Å². The lowest BCUT2D eigenvalue weighted by Crippen LogP contribution is -2.34. The van der Waals surface area contributed by atoms with Crippen molar-refractivity contribution in [2.75, 3.05) is 16.8 Å². The highest BCUT2D eigenvalue weighted by atomic mass is 19.1. The van der Waals surface area contributed by atoms with E-state index in [0.717, 1.165) is 6.42 Å². The zero-order valence-electron chi connectivity index (χ0n) is 17.6. The number of aromatic nitrogens is 7. The van der Waals surface area contributed by atoms with Crippen molar-refractivity contribution in [1.29, 1.82) is 0 Å². The lowest BCUT2D eigenvalue weighted by molar-refractivity contribution is 0.178. The molecule has 1 aliphatic heterocycles. The Kier molecular flexibility index (Phi) is 5.44. The first-order valence-corrected chi connectivity index (χ1v) is 9.85.